The fraction of sp³-hybridized carbons (Fsp3) is 0. The Balaban J connectivity index is 1.49. The lowest BCUT2D eigenvalue weighted by Crippen LogP contribution is -2.03. The van der Waals surface area contributed by atoms with Crippen molar-refractivity contribution < 1.29 is 0 Å². The first-order chi connectivity index (χ1) is 20.4. The van der Waals surface area contributed by atoms with Gasteiger partial charge in [-0.25, -0.2) is 0 Å². The van der Waals surface area contributed by atoms with Gasteiger partial charge in [0.25, 0.3) is 0 Å². The van der Waals surface area contributed by atoms with Gasteiger partial charge in [-0.2, -0.15) is 0 Å². The third-order valence-electron chi connectivity index (χ3n) is 8.62. The first kappa shape index (κ1) is 22.4. The highest BCUT2D eigenvalue weighted by Crippen LogP contribution is 2.51. The monoisotopic (exact) mass is 520 g/mol. The molecule has 0 radical (unpaired) electrons. The minimum absolute atomic E-state index is 1.01. The number of benzene rings is 6. The molecule has 0 saturated carbocycles. The van der Waals surface area contributed by atoms with Crippen LogP contribution in [0.2, 0.25) is 0 Å². The van der Waals surface area contributed by atoms with Crippen molar-refractivity contribution in [3.63, 3.8) is 0 Å². The van der Waals surface area contributed by atoms with E-state index in [1.807, 2.05) is 12.3 Å². The van der Waals surface area contributed by atoms with Crippen LogP contribution in [0.4, 0.5) is 0 Å². The van der Waals surface area contributed by atoms with E-state index in [4.69, 9.17) is 4.98 Å². The van der Waals surface area contributed by atoms with Crippen molar-refractivity contribution in [3.05, 3.63) is 146 Å². The molecule has 41 heavy (non-hydrogen) atoms. The molecule has 2 heteroatoms. The molecule has 0 unspecified atom stereocenters. The molecule has 6 aromatic carbocycles. The molecule has 0 spiro atoms. The predicted molar refractivity (Wildman–Crippen MR) is 171 cm³/mol. The Kier molecular flexibility index (Phi) is 4.64. The number of hydrogen-bond acceptors (Lipinski definition) is 1. The lowest BCUT2D eigenvalue weighted by atomic mass is 9.79. The first-order valence-electron chi connectivity index (χ1n) is 14.1. The van der Waals surface area contributed by atoms with Crippen LogP contribution < -0.4 is 0 Å². The minimum atomic E-state index is 1.01. The highest BCUT2D eigenvalue weighted by Gasteiger charge is 2.26. The van der Waals surface area contributed by atoms with Crippen LogP contribution in [0.1, 0.15) is 0 Å². The third kappa shape index (κ3) is 3.10. The second-order valence-electron chi connectivity index (χ2n) is 10.7. The number of fused-ring (bicyclic) bond motifs is 13. The highest BCUT2D eigenvalue weighted by atomic mass is 15.0. The normalized spacial score (nSPS) is 11.9. The van der Waals surface area contributed by atoms with Crippen LogP contribution in [-0.2, 0) is 0 Å². The van der Waals surface area contributed by atoms with Gasteiger partial charge in [-0.05, 0) is 69.3 Å². The van der Waals surface area contributed by atoms with Crippen molar-refractivity contribution in [3.8, 4) is 50.2 Å². The van der Waals surface area contributed by atoms with Crippen molar-refractivity contribution in [2.24, 2.45) is 0 Å². The van der Waals surface area contributed by atoms with E-state index in [2.05, 4.69) is 138 Å². The van der Waals surface area contributed by atoms with Crippen LogP contribution in [-0.4, -0.2) is 9.55 Å². The average Bonchev–Trinajstić information content (AvgIpc) is 3.37. The van der Waals surface area contributed by atoms with Gasteiger partial charge in [-0.1, -0.05) is 109 Å². The molecular weight excluding hydrogens is 496 g/mol. The van der Waals surface area contributed by atoms with E-state index in [9.17, 15) is 0 Å². The predicted octanol–water partition coefficient (Wildman–Crippen LogP) is 10.3. The minimum Gasteiger partial charge on any atom is -0.309 e. The molecule has 1 aliphatic rings. The Labute approximate surface area is 237 Å². The molecule has 0 aliphatic heterocycles. The summed E-state index contributed by atoms with van der Waals surface area (Å²) in [6.45, 7) is 0. The van der Waals surface area contributed by atoms with Gasteiger partial charge in [0.15, 0.2) is 0 Å². The molecule has 190 valence electrons. The SMILES string of the molecule is c1ccc2c(c1)-c1ccc3ncccc3c1-c1ccccc1-c1cccc(-n3c4ccccc4c4ccccc43)c1-2. The summed E-state index contributed by atoms with van der Waals surface area (Å²) in [5.74, 6) is 0. The van der Waals surface area contributed by atoms with E-state index >= 15 is 0 Å². The van der Waals surface area contributed by atoms with Crippen molar-refractivity contribution in [1.29, 1.82) is 0 Å². The quantitative estimate of drug-likeness (QED) is 0.210. The molecule has 0 N–H and O–H groups in total. The Morgan fingerprint density at radius 2 is 0.902 bits per heavy atom. The van der Waals surface area contributed by atoms with E-state index in [1.54, 1.807) is 0 Å². The Morgan fingerprint density at radius 1 is 0.366 bits per heavy atom. The molecule has 0 bridgehead atoms. The van der Waals surface area contributed by atoms with Crippen molar-refractivity contribution >= 4 is 32.7 Å². The number of aromatic nitrogens is 2. The van der Waals surface area contributed by atoms with Gasteiger partial charge in [0, 0.05) is 27.9 Å². The smallest absolute Gasteiger partial charge is 0.0708 e. The zero-order valence-corrected chi connectivity index (χ0v) is 22.3. The maximum Gasteiger partial charge on any atom is 0.0708 e. The first-order valence-corrected chi connectivity index (χ1v) is 14.1. The van der Waals surface area contributed by atoms with Crippen LogP contribution in [0.5, 0.6) is 0 Å². The Bertz CT molecular complexity index is 2260. The van der Waals surface area contributed by atoms with Crippen molar-refractivity contribution in [2.45, 2.75) is 0 Å². The molecule has 0 fully saturated rings. The molecule has 0 saturated heterocycles. The van der Waals surface area contributed by atoms with Gasteiger partial charge in [-0.15, -0.1) is 0 Å². The molecule has 0 atom stereocenters. The van der Waals surface area contributed by atoms with E-state index < -0.39 is 0 Å². The average molecular weight is 521 g/mol. The number of hydrogen-bond donors (Lipinski definition) is 0. The second-order valence-corrected chi connectivity index (χ2v) is 10.7. The van der Waals surface area contributed by atoms with Crippen LogP contribution in [0, 0.1) is 0 Å². The van der Waals surface area contributed by atoms with Crippen LogP contribution in [0.25, 0.3) is 82.9 Å². The number of pyridine rings is 1. The maximum atomic E-state index is 4.72. The molecule has 2 heterocycles. The van der Waals surface area contributed by atoms with Gasteiger partial charge in [0.2, 0.25) is 0 Å². The highest BCUT2D eigenvalue weighted by molar-refractivity contribution is 6.14. The van der Waals surface area contributed by atoms with Crippen LogP contribution in [0.15, 0.2) is 146 Å². The summed E-state index contributed by atoms with van der Waals surface area (Å²) in [4.78, 5) is 4.72. The maximum absolute atomic E-state index is 4.72. The second kappa shape index (κ2) is 8.51. The molecule has 1 aliphatic carbocycles. The molecule has 2 aromatic heterocycles. The zero-order chi connectivity index (χ0) is 26.9. The fourth-order valence-electron chi connectivity index (χ4n) is 6.96. The largest absolute Gasteiger partial charge is 0.309 e. The summed E-state index contributed by atoms with van der Waals surface area (Å²) in [5, 5.41) is 3.71. The van der Waals surface area contributed by atoms with E-state index in [0.717, 1.165) is 5.52 Å². The van der Waals surface area contributed by atoms with E-state index in [1.165, 1.54) is 77.4 Å². The van der Waals surface area contributed by atoms with Gasteiger partial charge >= 0.3 is 0 Å². The summed E-state index contributed by atoms with van der Waals surface area (Å²) in [6.07, 6.45) is 1.88. The van der Waals surface area contributed by atoms with Crippen molar-refractivity contribution in [1.82, 2.24) is 9.55 Å². The van der Waals surface area contributed by atoms with Crippen LogP contribution >= 0.6 is 0 Å². The Hall–Kier alpha value is -5.47. The topological polar surface area (TPSA) is 17.8 Å². The summed E-state index contributed by atoms with van der Waals surface area (Å²) in [6, 6.07) is 50.7. The number of para-hydroxylation sites is 2. The van der Waals surface area contributed by atoms with E-state index in [-0.39, 0.29) is 0 Å². The van der Waals surface area contributed by atoms with Crippen molar-refractivity contribution in [2.75, 3.05) is 0 Å². The molecular formula is C39H24N2. The standard InChI is InChI=1S/C39H24N2/c1-3-15-29-25(11-1)31-17-9-21-37(41-35-19-7-5-13-27(35)28-14-6-8-20-36(28)41)39(31)30-16-4-2-12-26(30)32-22-23-34-33(38(29)32)18-10-24-40-34/h1-24H. The van der Waals surface area contributed by atoms with Gasteiger partial charge in [0.05, 0.1) is 22.2 Å². The summed E-state index contributed by atoms with van der Waals surface area (Å²) in [5.41, 5.74) is 14.5. The number of nitrogens with zero attached hydrogens (tertiary/aromatic N) is 2. The molecule has 2 nitrogen and oxygen atoms in total. The zero-order valence-electron chi connectivity index (χ0n) is 22.3. The Morgan fingerprint density at radius 3 is 1.61 bits per heavy atom. The lowest BCUT2D eigenvalue weighted by Gasteiger charge is -2.26. The van der Waals surface area contributed by atoms with Crippen LogP contribution in [0.3, 0.4) is 0 Å². The fourth-order valence-corrected chi connectivity index (χ4v) is 6.96. The third-order valence-corrected chi connectivity index (χ3v) is 8.62. The molecule has 0 amide bonds. The summed E-state index contributed by atoms with van der Waals surface area (Å²) in [7, 11) is 0. The van der Waals surface area contributed by atoms with Gasteiger partial charge in [0.1, 0.15) is 0 Å². The molecule has 8 aromatic rings. The summed E-state index contributed by atoms with van der Waals surface area (Å²) < 4.78 is 2.45. The summed E-state index contributed by atoms with van der Waals surface area (Å²) >= 11 is 0. The lowest BCUT2D eigenvalue weighted by molar-refractivity contribution is 1.18. The molecule has 9 rings (SSSR count). The van der Waals surface area contributed by atoms with Gasteiger partial charge < -0.3 is 4.57 Å². The number of rotatable bonds is 1. The van der Waals surface area contributed by atoms with E-state index in [0.29, 0.717) is 0 Å². The van der Waals surface area contributed by atoms with Gasteiger partial charge in [-0.3, -0.25) is 4.98 Å².